The van der Waals surface area contributed by atoms with Gasteiger partial charge in [0.15, 0.2) is 0 Å². The number of pyridine rings is 1. The molecule has 0 amide bonds. The number of benzene rings is 1. The van der Waals surface area contributed by atoms with Crippen molar-refractivity contribution in [3.63, 3.8) is 0 Å². The van der Waals surface area contributed by atoms with E-state index >= 15 is 0 Å². The molecule has 2 aromatic rings. The normalized spacial score (nSPS) is 11.4. The number of anilines is 1. The van der Waals surface area contributed by atoms with Crippen LogP contribution in [0.1, 0.15) is 39.5 Å². The first kappa shape index (κ1) is 18.5. The third kappa shape index (κ3) is 5.38. The average Bonchev–Trinajstić information content (AvgIpc) is 2.60. The maximum absolute atomic E-state index is 5.39. The Kier molecular flexibility index (Phi) is 7.32. The average molecular weight is 329 g/mol. The van der Waals surface area contributed by atoms with Crippen LogP contribution < -0.4 is 10.1 Å². The van der Waals surface area contributed by atoms with E-state index in [2.05, 4.69) is 42.2 Å². The standard InChI is InChI=1S/C20H31N3O/c1-16(2)23(3)13-8-6-5-7-11-21-19-15-18(24-4)14-17-10-9-12-22-20(17)19/h9-10,12,14-16,21H,5-8,11,13H2,1-4H3. The fourth-order valence-corrected chi connectivity index (χ4v) is 2.74. The molecule has 1 aromatic heterocycles. The predicted octanol–water partition coefficient (Wildman–Crippen LogP) is 4.56. The molecule has 4 nitrogen and oxygen atoms in total. The summed E-state index contributed by atoms with van der Waals surface area (Å²) < 4.78 is 5.39. The molecule has 1 aromatic carbocycles. The second kappa shape index (κ2) is 9.48. The number of nitrogens with one attached hydrogen (secondary N) is 1. The van der Waals surface area contributed by atoms with Crippen LogP contribution in [0.25, 0.3) is 10.9 Å². The lowest BCUT2D eigenvalue weighted by Gasteiger charge is -2.20. The summed E-state index contributed by atoms with van der Waals surface area (Å²) in [6.07, 6.45) is 6.84. The van der Waals surface area contributed by atoms with Gasteiger partial charge in [-0.1, -0.05) is 18.9 Å². The lowest BCUT2D eigenvalue weighted by molar-refractivity contribution is 0.267. The van der Waals surface area contributed by atoms with Crippen LogP contribution in [0.4, 0.5) is 5.69 Å². The van der Waals surface area contributed by atoms with Gasteiger partial charge in [0.05, 0.1) is 18.3 Å². The molecule has 0 aliphatic heterocycles. The third-order valence-electron chi connectivity index (χ3n) is 4.55. The summed E-state index contributed by atoms with van der Waals surface area (Å²) in [5, 5.41) is 4.63. The van der Waals surface area contributed by atoms with E-state index in [0.29, 0.717) is 6.04 Å². The number of fused-ring (bicyclic) bond motifs is 1. The monoisotopic (exact) mass is 329 g/mol. The lowest BCUT2D eigenvalue weighted by atomic mass is 10.1. The summed E-state index contributed by atoms with van der Waals surface area (Å²) in [4.78, 5) is 6.91. The van der Waals surface area contributed by atoms with Crippen LogP contribution in [0.15, 0.2) is 30.5 Å². The Hall–Kier alpha value is -1.81. The van der Waals surface area contributed by atoms with Crippen molar-refractivity contribution in [1.29, 1.82) is 0 Å². The second-order valence-electron chi connectivity index (χ2n) is 6.67. The Labute approximate surface area is 146 Å². The molecule has 132 valence electrons. The van der Waals surface area contributed by atoms with E-state index < -0.39 is 0 Å². The Morgan fingerprint density at radius 1 is 1.17 bits per heavy atom. The van der Waals surface area contributed by atoms with Gasteiger partial charge in [-0.05, 0) is 52.4 Å². The van der Waals surface area contributed by atoms with Crippen molar-refractivity contribution in [2.24, 2.45) is 0 Å². The molecule has 0 spiro atoms. The van der Waals surface area contributed by atoms with Crippen molar-refractivity contribution >= 4 is 16.6 Å². The first-order valence-corrected chi connectivity index (χ1v) is 8.98. The lowest BCUT2D eigenvalue weighted by Crippen LogP contribution is -2.27. The smallest absolute Gasteiger partial charge is 0.121 e. The van der Waals surface area contributed by atoms with E-state index in [1.807, 2.05) is 24.4 Å². The third-order valence-corrected chi connectivity index (χ3v) is 4.55. The molecular weight excluding hydrogens is 298 g/mol. The summed E-state index contributed by atoms with van der Waals surface area (Å²) in [6.45, 7) is 6.65. The number of unbranched alkanes of at least 4 members (excludes halogenated alkanes) is 3. The Morgan fingerprint density at radius 3 is 2.71 bits per heavy atom. The van der Waals surface area contributed by atoms with Gasteiger partial charge in [-0.25, -0.2) is 0 Å². The van der Waals surface area contributed by atoms with E-state index in [1.54, 1.807) is 7.11 Å². The largest absolute Gasteiger partial charge is 0.497 e. The summed E-state index contributed by atoms with van der Waals surface area (Å²) in [5.74, 6) is 0.870. The summed E-state index contributed by atoms with van der Waals surface area (Å²) >= 11 is 0. The van der Waals surface area contributed by atoms with Crippen molar-refractivity contribution < 1.29 is 4.74 Å². The fraction of sp³-hybridized carbons (Fsp3) is 0.550. The number of hydrogen-bond acceptors (Lipinski definition) is 4. The molecule has 0 aliphatic carbocycles. The van der Waals surface area contributed by atoms with Gasteiger partial charge < -0.3 is 15.0 Å². The predicted molar refractivity (Wildman–Crippen MR) is 103 cm³/mol. The second-order valence-corrected chi connectivity index (χ2v) is 6.67. The zero-order chi connectivity index (χ0) is 17.4. The Bertz CT molecular complexity index is 627. The van der Waals surface area contributed by atoms with Crippen LogP contribution in [0.5, 0.6) is 5.75 Å². The van der Waals surface area contributed by atoms with Crippen molar-refractivity contribution in [3.05, 3.63) is 30.5 Å². The van der Waals surface area contributed by atoms with Crippen LogP contribution in [0.2, 0.25) is 0 Å². The SMILES string of the molecule is COc1cc(NCCCCCCN(C)C(C)C)c2ncccc2c1. The molecule has 0 fully saturated rings. The van der Waals surface area contributed by atoms with Crippen molar-refractivity contribution in [3.8, 4) is 5.75 Å². The minimum atomic E-state index is 0.639. The maximum Gasteiger partial charge on any atom is 0.121 e. The van der Waals surface area contributed by atoms with Crippen LogP contribution in [-0.4, -0.2) is 43.2 Å². The molecule has 0 saturated heterocycles. The molecule has 0 bridgehead atoms. The van der Waals surface area contributed by atoms with Crippen LogP contribution in [0.3, 0.4) is 0 Å². The Morgan fingerprint density at radius 2 is 1.96 bits per heavy atom. The van der Waals surface area contributed by atoms with Gasteiger partial charge in [0, 0.05) is 30.2 Å². The van der Waals surface area contributed by atoms with Crippen molar-refractivity contribution in [1.82, 2.24) is 9.88 Å². The van der Waals surface area contributed by atoms with Gasteiger partial charge in [-0.2, -0.15) is 0 Å². The number of nitrogens with zero attached hydrogens (tertiary/aromatic N) is 2. The molecular formula is C20H31N3O. The highest BCUT2D eigenvalue weighted by molar-refractivity contribution is 5.91. The van der Waals surface area contributed by atoms with Crippen molar-refractivity contribution in [2.75, 3.05) is 32.6 Å². The zero-order valence-electron chi connectivity index (χ0n) is 15.5. The zero-order valence-corrected chi connectivity index (χ0v) is 15.5. The molecule has 0 unspecified atom stereocenters. The Balaban J connectivity index is 1.77. The van der Waals surface area contributed by atoms with Gasteiger partial charge >= 0.3 is 0 Å². The van der Waals surface area contributed by atoms with Crippen LogP contribution in [0, 0.1) is 0 Å². The molecule has 1 heterocycles. The summed E-state index contributed by atoms with van der Waals surface area (Å²) in [5.41, 5.74) is 2.07. The highest BCUT2D eigenvalue weighted by atomic mass is 16.5. The molecule has 1 N–H and O–H groups in total. The molecule has 0 saturated carbocycles. The summed E-state index contributed by atoms with van der Waals surface area (Å²) in [6, 6.07) is 8.73. The fourth-order valence-electron chi connectivity index (χ4n) is 2.74. The van der Waals surface area contributed by atoms with Gasteiger partial charge in [-0.3, -0.25) is 4.98 Å². The minimum absolute atomic E-state index is 0.639. The first-order valence-electron chi connectivity index (χ1n) is 8.98. The number of aromatic nitrogens is 1. The molecule has 24 heavy (non-hydrogen) atoms. The first-order chi connectivity index (χ1) is 11.6. The maximum atomic E-state index is 5.39. The number of hydrogen-bond donors (Lipinski definition) is 1. The molecule has 2 rings (SSSR count). The highest BCUT2D eigenvalue weighted by Gasteiger charge is 2.05. The number of rotatable bonds is 10. The molecule has 4 heteroatoms. The van der Waals surface area contributed by atoms with E-state index in [9.17, 15) is 0 Å². The van der Waals surface area contributed by atoms with E-state index in [-0.39, 0.29) is 0 Å². The molecule has 0 aliphatic rings. The van der Waals surface area contributed by atoms with E-state index in [0.717, 1.165) is 28.9 Å². The van der Waals surface area contributed by atoms with Gasteiger partial charge in [0.25, 0.3) is 0 Å². The van der Waals surface area contributed by atoms with Gasteiger partial charge in [0.1, 0.15) is 5.75 Å². The summed E-state index contributed by atoms with van der Waals surface area (Å²) in [7, 11) is 3.91. The number of methoxy groups -OCH3 is 1. The van der Waals surface area contributed by atoms with E-state index in [4.69, 9.17) is 4.74 Å². The molecule has 0 atom stereocenters. The van der Waals surface area contributed by atoms with Crippen LogP contribution in [-0.2, 0) is 0 Å². The minimum Gasteiger partial charge on any atom is -0.497 e. The topological polar surface area (TPSA) is 37.4 Å². The van der Waals surface area contributed by atoms with Gasteiger partial charge in [-0.15, -0.1) is 0 Å². The number of ether oxygens (including phenoxy) is 1. The van der Waals surface area contributed by atoms with Crippen LogP contribution >= 0.6 is 0 Å². The molecule has 0 radical (unpaired) electrons. The van der Waals surface area contributed by atoms with E-state index in [1.165, 1.54) is 32.2 Å². The highest BCUT2D eigenvalue weighted by Crippen LogP contribution is 2.27. The van der Waals surface area contributed by atoms with Gasteiger partial charge in [0.2, 0.25) is 0 Å². The van der Waals surface area contributed by atoms with Crippen molar-refractivity contribution in [2.45, 2.75) is 45.6 Å². The quantitative estimate of drug-likeness (QED) is 0.649.